The van der Waals surface area contributed by atoms with Gasteiger partial charge in [0.1, 0.15) is 0 Å². The Hall–Kier alpha value is -0.920. The molecular formula is C12H22N2. The van der Waals surface area contributed by atoms with E-state index in [2.05, 4.69) is 36.8 Å². The smallest absolute Gasteiger partial charge is 0.0351 e. The average Bonchev–Trinajstić information content (AvgIpc) is 2.18. The van der Waals surface area contributed by atoms with Gasteiger partial charge in [0.2, 0.25) is 0 Å². The molecule has 1 aliphatic heterocycles. The van der Waals surface area contributed by atoms with Crippen molar-refractivity contribution in [2.24, 2.45) is 0 Å². The molecule has 1 fully saturated rings. The van der Waals surface area contributed by atoms with E-state index in [1.165, 1.54) is 17.8 Å². The van der Waals surface area contributed by atoms with Crippen LogP contribution in [0.3, 0.4) is 0 Å². The molecule has 0 saturated carbocycles. The molecule has 2 nitrogen and oxygen atoms in total. The maximum Gasteiger partial charge on any atom is 0.0351 e. The van der Waals surface area contributed by atoms with Crippen LogP contribution in [0.2, 0.25) is 0 Å². The van der Waals surface area contributed by atoms with Crippen LogP contribution in [-0.4, -0.2) is 36.0 Å². The quantitative estimate of drug-likeness (QED) is 0.678. The summed E-state index contributed by atoms with van der Waals surface area (Å²) in [4.78, 5) is 4.75. The van der Waals surface area contributed by atoms with Crippen molar-refractivity contribution in [3.05, 3.63) is 24.6 Å². The largest absolute Gasteiger partial charge is 0.372 e. The van der Waals surface area contributed by atoms with Gasteiger partial charge in [0.05, 0.1) is 0 Å². The Morgan fingerprint density at radius 3 is 2.00 bits per heavy atom. The summed E-state index contributed by atoms with van der Waals surface area (Å²) >= 11 is 0. The van der Waals surface area contributed by atoms with Gasteiger partial charge in [-0.1, -0.05) is 26.5 Å². The molecular weight excluding hydrogens is 172 g/mol. The van der Waals surface area contributed by atoms with E-state index >= 15 is 0 Å². The van der Waals surface area contributed by atoms with E-state index < -0.39 is 0 Å². The summed E-state index contributed by atoms with van der Waals surface area (Å²) in [5.74, 6) is 0. The molecule has 1 aliphatic rings. The highest BCUT2D eigenvalue weighted by Gasteiger charge is 2.16. The first-order chi connectivity index (χ1) is 6.65. The van der Waals surface area contributed by atoms with Gasteiger partial charge in [0, 0.05) is 37.6 Å². The third-order valence-corrected chi connectivity index (χ3v) is 2.81. The molecule has 0 bridgehead atoms. The highest BCUT2D eigenvalue weighted by atomic mass is 15.3. The van der Waals surface area contributed by atoms with E-state index in [1.807, 2.05) is 0 Å². The summed E-state index contributed by atoms with van der Waals surface area (Å²) in [6.07, 6.45) is 2.33. The summed E-state index contributed by atoms with van der Waals surface area (Å²) in [5, 5.41) is 0. The molecule has 80 valence electrons. The molecule has 0 aromatic heterocycles. The van der Waals surface area contributed by atoms with E-state index in [0.29, 0.717) is 0 Å². The Balaban J connectivity index is 2.35. The number of piperazine rings is 1. The molecule has 0 atom stereocenters. The molecule has 2 heteroatoms. The summed E-state index contributed by atoms with van der Waals surface area (Å²) in [7, 11) is 0. The number of rotatable bonds is 4. The lowest BCUT2D eigenvalue weighted by molar-refractivity contribution is 0.189. The third-order valence-electron chi connectivity index (χ3n) is 2.81. The van der Waals surface area contributed by atoms with E-state index in [-0.39, 0.29) is 0 Å². The summed E-state index contributed by atoms with van der Waals surface area (Å²) in [6.45, 7) is 16.8. The maximum atomic E-state index is 4.12. The molecule has 1 saturated heterocycles. The lowest BCUT2D eigenvalue weighted by Gasteiger charge is -2.38. The lowest BCUT2D eigenvalue weighted by Crippen LogP contribution is -2.44. The predicted molar refractivity (Wildman–Crippen MR) is 62.0 cm³/mol. The van der Waals surface area contributed by atoms with Crippen molar-refractivity contribution in [3.63, 3.8) is 0 Å². The molecule has 1 rings (SSSR count). The molecule has 0 amide bonds. The SMILES string of the molecule is C=C(C)N1CCN(C(=C)CCC)CC1. The fourth-order valence-electron chi connectivity index (χ4n) is 1.85. The minimum atomic E-state index is 1.10. The van der Waals surface area contributed by atoms with Crippen LogP contribution in [0.1, 0.15) is 26.7 Å². The van der Waals surface area contributed by atoms with Gasteiger partial charge in [-0.3, -0.25) is 0 Å². The van der Waals surface area contributed by atoms with Gasteiger partial charge in [0.15, 0.2) is 0 Å². The van der Waals surface area contributed by atoms with Gasteiger partial charge in [-0.2, -0.15) is 0 Å². The average molecular weight is 194 g/mol. The molecule has 14 heavy (non-hydrogen) atoms. The zero-order valence-electron chi connectivity index (χ0n) is 9.55. The van der Waals surface area contributed by atoms with Crippen LogP contribution in [0.4, 0.5) is 0 Å². The first kappa shape index (κ1) is 11.2. The van der Waals surface area contributed by atoms with E-state index in [0.717, 1.165) is 32.6 Å². The zero-order valence-corrected chi connectivity index (χ0v) is 9.55. The van der Waals surface area contributed by atoms with Gasteiger partial charge in [0.25, 0.3) is 0 Å². The van der Waals surface area contributed by atoms with Crippen molar-refractivity contribution in [1.82, 2.24) is 9.80 Å². The van der Waals surface area contributed by atoms with Crippen molar-refractivity contribution in [1.29, 1.82) is 0 Å². The number of allylic oxidation sites excluding steroid dienone is 2. The predicted octanol–water partition coefficient (Wildman–Crippen LogP) is 2.45. The zero-order chi connectivity index (χ0) is 10.6. The minimum Gasteiger partial charge on any atom is -0.372 e. The van der Waals surface area contributed by atoms with Crippen molar-refractivity contribution >= 4 is 0 Å². The lowest BCUT2D eigenvalue weighted by atomic mass is 10.2. The fraction of sp³-hybridized carbons (Fsp3) is 0.667. The standard InChI is InChI=1S/C12H22N2/c1-5-6-12(4)14-9-7-13(8-10-14)11(2)3/h2,4-10H2,1,3H3. The second-order valence-electron chi connectivity index (χ2n) is 4.03. The monoisotopic (exact) mass is 194 g/mol. The van der Waals surface area contributed by atoms with E-state index in [1.54, 1.807) is 0 Å². The number of hydrogen-bond donors (Lipinski definition) is 0. The van der Waals surface area contributed by atoms with Gasteiger partial charge < -0.3 is 9.80 Å². The Morgan fingerprint density at radius 1 is 1.07 bits per heavy atom. The minimum absolute atomic E-state index is 1.10. The normalized spacial score (nSPS) is 17.0. The second-order valence-corrected chi connectivity index (χ2v) is 4.03. The van der Waals surface area contributed by atoms with Crippen molar-refractivity contribution < 1.29 is 0 Å². The molecule has 0 spiro atoms. The van der Waals surface area contributed by atoms with E-state index in [9.17, 15) is 0 Å². The number of nitrogens with zero attached hydrogens (tertiary/aromatic N) is 2. The summed E-state index contributed by atoms with van der Waals surface area (Å²) in [5.41, 5.74) is 2.49. The molecule has 1 heterocycles. The topological polar surface area (TPSA) is 6.48 Å². The highest BCUT2D eigenvalue weighted by molar-refractivity contribution is 4.99. The Kier molecular flexibility index (Phi) is 4.05. The summed E-state index contributed by atoms with van der Waals surface area (Å²) in [6, 6.07) is 0. The fourth-order valence-corrected chi connectivity index (χ4v) is 1.85. The first-order valence-electron chi connectivity index (χ1n) is 5.48. The van der Waals surface area contributed by atoms with Crippen LogP contribution in [0.25, 0.3) is 0 Å². The van der Waals surface area contributed by atoms with Crippen LogP contribution in [0.15, 0.2) is 24.6 Å². The molecule has 0 unspecified atom stereocenters. The van der Waals surface area contributed by atoms with Crippen LogP contribution >= 0.6 is 0 Å². The van der Waals surface area contributed by atoms with Gasteiger partial charge in [-0.25, -0.2) is 0 Å². The number of hydrogen-bond acceptors (Lipinski definition) is 2. The molecule has 0 radical (unpaired) electrons. The molecule has 0 aromatic rings. The van der Waals surface area contributed by atoms with Gasteiger partial charge >= 0.3 is 0 Å². The first-order valence-corrected chi connectivity index (χ1v) is 5.48. The summed E-state index contributed by atoms with van der Waals surface area (Å²) < 4.78 is 0. The second kappa shape index (κ2) is 5.08. The van der Waals surface area contributed by atoms with Crippen LogP contribution in [0.5, 0.6) is 0 Å². The third kappa shape index (κ3) is 2.79. The van der Waals surface area contributed by atoms with Crippen molar-refractivity contribution in [2.45, 2.75) is 26.7 Å². The maximum absolute atomic E-state index is 4.12. The Labute approximate surface area is 87.9 Å². The van der Waals surface area contributed by atoms with Gasteiger partial charge in [-0.15, -0.1) is 0 Å². The van der Waals surface area contributed by atoms with E-state index in [4.69, 9.17) is 0 Å². The van der Waals surface area contributed by atoms with Gasteiger partial charge in [-0.05, 0) is 13.3 Å². The molecule has 0 aliphatic carbocycles. The van der Waals surface area contributed by atoms with Crippen LogP contribution in [0, 0.1) is 0 Å². The van der Waals surface area contributed by atoms with Crippen LogP contribution < -0.4 is 0 Å². The highest BCUT2D eigenvalue weighted by Crippen LogP contribution is 2.14. The molecule has 0 N–H and O–H groups in total. The van der Waals surface area contributed by atoms with Crippen molar-refractivity contribution in [3.8, 4) is 0 Å². The Morgan fingerprint density at radius 2 is 1.57 bits per heavy atom. The van der Waals surface area contributed by atoms with Crippen molar-refractivity contribution in [2.75, 3.05) is 26.2 Å². The van der Waals surface area contributed by atoms with Crippen LogP contribution in [-0.2, 0) is 0 Å². The molecule has 0 aromatic carbocycles. The Bertz CT molecular complexity index is 212.